The SMILES string of the molecule is N=C(N)N1CCCC1NC=O. The van der Waals surface area contributed by atoms with E-state index in [1.807, 2.05) is 0 Å². The molecule has 1 unspecified atom stereocenters. The Morgan fingerprint density at radius 1 is 1.82 bits per heavy atom. The second-order valence-electron chi connectivity index (χ2n) is 2.52. The zero-order valence-electron chi connectivity index (χ0n) is 6.21. The fourth-order valence-electron chi connectivity index (χ4n) is 1.31. The van der Waals surface area contributed by atoms with E-state index in [-0.39, 0.29) is 12.1 Å². The third-order valence-corrected chi connectivity index (χ3v) is 1.82. The second kappa shape index (κ2) is 3.23. The first-order valence-electron chi connectivity index (χ1n) is 3.56. The topological polar surface area (TPSA) is 82.2 Å². The van der Waals surface area contributed by atoms with Crippen LogP contribution in [-0.4, -0.2) is 30.0 Å². The Morgan fingerprint density at radius 3 is 3.09 bits per heavy atom. The largest absolute Gasteiger partial charge is 0.370 e. The van der Waals surface area contributed by atoms with Crippen molar-refractivity contribution in [3.8, 4) is 0 Å². The van der Waals surface area contributed by atoms with Crippen molar-refractivity contribution >= 4 is 12.4 Å². The Morgan fingerprint density at radius 2 is 2.55 bits per heavy atom. The lowest BCUT2D eigenvalue weighted by Crippen LogP contribution is -2.46. The summed E-state index contributed by atoms with van der Waals surface area (Å²) in [5.74, 6) is 0.0295. The van der Waals surface area contributed by atoms with Gasteiger partial charge in [0.1, 0.15) is 6.17 Å². The number of carbonyl (C=O) groups is 1. The van der Waals surface area contributed by atoms with Gasteiger partial charge < -0.3 is 16.0 Å². The molecule has 62 valence electrons. The number of nitrogens with two attached hydrogens (primary N) is 1. The molecule has 1 aliphatic heterocycles. The highest BCUT2D eigenvalue weighted by atomic mass is 16.1. The highest BCUT2D eigenvalue weighted by Crippen LogP contribution is 2.12. The first-order chi connectivity index (χ1) is 5.25. The van der Waals surface area contributed by atoms with E-state index < -0.39 is 0 Å². The molecule has 1 amide bonds. The van der Waals surface area contributed by atoms with Crippen LogP contribution in [-0.2, 0) is 4.79 Å². The molecule has 1 heterocycles. The molecule has 0 radical (unpaired) electrons. The number of nitrogens with one attached hydrogen (secondary N) is 2. The lowest BCUT2D eigenvalue weighted by Gasteiger charge is -2.23. The normalized spacial score (nSPS) is 23.3. The van der Waals surface area contributed by atoms with Gasteiger partial charge in [0.05, 0.1) is 0 Å². The van der Waals surface area contributed by atoms with E-state index in [0.29, 0.717) is 6.41 Å². The Bertz CT molecular complexity index is 170. The first kappa shape index (κ1) is 7.84. The van der Waals surface area contributed by atoms with E-state index in [1.54, 1.807) is 4.90 Å². The zero-order valence-corrected chi connectivity index (χ0v) is 6.21. The van der Waals surface area contributed by atoms with Crippen LogP contribution < -0.4 is 11.1 Å². The van der Waals surface area contributed by atoms with Crippen LogP contribution in [0.2, 0.25) is 0 Å². The lowest BCUT2D eigenvalue weighted by molar-refractivity contribution is -0.110. The summed E-state index contributed by atoms with van der Waals surface area (Å²) in [5.41, 5.74) is 5.27. The van der Waals surface area contributed by atoms with Crippen molar-refractivity contribution in [3.63, 3.8) is 0 Å². The first-order valence-corrected chi connectivity index (χ1v) is 3.56. The third-order valence-electron chi connectivity index (χ3n) is 1.82. The average molecular weight is 156 g/mol. The minimum absolute atomic E-state index is 0.0295. The van der Waals surface area contributed by atoms with Gasteiger partial charge in [-0.1, -0.05) is 0 Å². The monoisotopic (exact) mass is 156 g/mol. The molecule has 4 N–H and O–H groups in total. The van der Waals surface area contributed by atoms with Gasteiger partial charge in [-0.25, -0.2) is 0 Å². The predicted octanol–water partition coefficient (Wildman–Crippen LogP) is -0.952. The third kappa shape index (κ3) is 1.60. The lowest BCUT2D eigenvalue weighted by atomic mass is 10.3. The fraction of sp³-hybridized carbons (Fsp3) is 0.667. The number of amides is 1. The summed E-state index contributed by atoms with van der Waals surface area (Å²) in [4.78, 5) is 11.8. The minimum atomic E-state index is -0.0648. The summed E-state index contributed by atoms with van der Waals surface area (Å²) in [6, 6.07) is 0. The molecule has 0 aromatic heterocycles. The van der Waals surface area contributed by atoms with Crippen molar-refractivity contribution in [2.45, 2.75) is 19.0 Å². The van der Waals surface area contributed by atoms with Crippen molar-refractivity contribution < 1.29 is 4.79 Å². The van der Waals surface area contributed by atoms with Gasteiger partial charge in [-0.3, -0.25) is 10.2 Å². The van der Waals surface area contributed by atoms with Gasteiger partial charge in [0, 0.05) is 6.54 Å². The molecular formula is C6H12N4O. The summed E-state index contributed by atoms with van der Waals surface area (Å²) in [7, 11) is 0. The minimum Gasteiger partial charge on any atom is -0.370 e. The van der Waals surface area contributed by atoms with Gasteiger partial charge >= 0.3 is 0 Å². The van der Waals surface area contributed by atoms with Gasteiger partial charge in [0.15, 0.2) is 5.96 Å². The summed E-state index contributed by atoms with van der Waals surface area (Å²) in [5, 5.41) is 9.75. The Kier molecular flexibility index (Phi) is 2.30. The van der Waals surface area contributed by atoms with E-state index in [2.05, 4.69) is 5.32 Å². The van der Waals surface area contributed by atoms with Gasteiger partial charge in [0.2, 0.25) is 6.41 Å². The maximum Gasteiger partial charge on any atom is 0.208 e. The average Bonchev–Trinajstić information content (AvgIpc) is 2.36. The van der Waals surface area contributed by atoms with Crippen LogP contribution >= 0.6 is 0 Å². The fourth-order valence-corrected chi connectivity index (χ4v) is 1.31. The molecule has 0 aromatic carbocycles. The summed E-state index contributed by atoms with van der Waals surface area (Å²) >= 11 is 0. The highest BCUT2D eigenvalue weighted by molar-refractivity contribution is 5.75. The Hall–Kier alpha value is -1.26. The van der Waals surface area contributed by atoms with E-state index >= 15 is 0 Å². The molecule has 0 spiro atoms. The highest BCUT2D eigenvalue weighted by Gasteiger charge is 2.24. The summed E-state index contributed by atoms with van der Waals surface area (Å²) in [6.45, 7) is 0.765. The smallest absolute Gasteiger partial charge is 0.208 e. The Balaban J connectivity index is 2.50. The van der Waals surface area contributed by atoms with Crippen molar-refractivity contribution in [3.05, 3.63) is 0 Å². The number of carbonyl (C=O) groups excluding carboxylic acids is 1. The molecule has 0 aromatic rings. The number of hydrogen-bond acceptors (Lipinski definition) is 2. The van der Waals surface area contributed by atoms with Gasteiger partial charge in [-0.15, -0.1) is 0 Å². The quantitative estimate of drug-likeness (QED) is 0.274. The van der Waals surface area contributed by atoms with Crippen molar-refractivity contribution in [2.75, 3.05) is 6.54 Å². The standard InChI is InChI=1S/C6H12N4O/c7-6(8)10-3-1-2-5(10)9-4-11/h4-5H,1-3H2,(H3,7,8)(H,9,11). The van der Waals surface area contributed by atoms with Crippen LogP contribution in [0.1, 0.15) is 12.8 Å². The van der Waals surface area contributed by atoms with Crippen LogP contribution in [0.25, 0.3) is 0 Å². The second-order valence-corrected chi connectivity index (χ2v) is 2.52. The molecule has 0 aliphatic carbocycles. The molecular weight excluding hydrogens is 144 g/mol. The molecule has 5 nitrogen and oxygen atoms in total. The predicted molar refractivity (Wildman–Crippen MR) is 40.8 cm³/mol. The zero-order chi connectivity index (χ0) is 8.27. The molecule has 0 bridgehead atoms. The summed E-state index contributed by atoms with van der Waals surface area (Å²) in [6.07, 6.45) is 2.43. The van der Waals surface area contributed by atoms with Crippen LogP contribution in [0.4, 0.5) is 0 Å². The molecule has 11 heavy (non-hydrogen) atoms. The van der Waals surface area contributed by atoms with Crippen molar-refractivity contribution in [1.82, 2.24) is 10.2 Å². The number of guanidine groups is 1. The van der Waals surface area contributed by atoms with E-state index in [4.69, 9.17) is 11.1 Å². The molecule has 1 atom stereocenters. The number of hydrogen-bond donors (Lipinski definition) is 3. The van der Waals surface area contributed by atoms with Crippen LogP contribution in [0, 0.1) is 5.41 Å². The molecule has 1 saturated heterocycles. The van der Waals surface area contributed by atoms with Gasteiger partial charge in [-0.2, -0.15) is 0 Å². The molecule has 1 aliphatic rings. The van der Waals surface area contributed by atoms with Crippen molar-refractivity contribution in [2.24, 2.45) is 5.73 Å². The van der Waals surface area contributed by atoms with E-state index in [0.717, 1.165) is 19.4 Å². The summed E-state index contributed by atoms with van der Waals surface area (Å²) < 4.78 is 0. The molecule has 1 fully saturated rings. The van der Waals surface area contributed by atoms with E-state index in [1.165, 1.54) is 0 Å². The maximum atomic E-state index is 10.1. The van der Waals surface area contributed by atoms with Crippen molar-refractivity contribution in [1.29, 1.82) is 5.41 Å². The van der Waals surface area contributed by atoms with Gasteiger partial charge in [-0.05, 0) is 12.8 Å². The number of likely N-dealkylation sites (tertiary alicyclic amines) is 1. The maximum absolute atomic E-state index is 10.1. The molecule has 5 heteroatoms. The van der Waals surface area contributed by atoms with Crippen LogP contribution in [0.3, 0.4) is 0 Å². The van der Waals surface area contributed by atoms with Gasteiger partial charge in [0.25, 0.3) is 0 Å². The number of rotatable bonds is 2. The van der Waals surface area contributed by atoms with Crippen LogP contribution in [0.5, 0.6) is 0 Å². The molecule has 1 rings (SSSR count). The van der Waals surface area contributed by atoms with Crippen LogP contribution in [0.15, 0.2) is 0 Å². The Labute approximate surface area is 65.1 Å². The molecule has 0 saturated carbocycles. The number of nitrogens with zero attached hydrogens (tertiary/aromatic N) is 1. The van der Waals surface area contributed by atoms with E-state index in [9.17, 15) is 4.79 Å².